The number of carbonyl (C=O) groups excluding carboxylic acids is 2. The second-order valence-electron chi connectivity index (χ2n) is 8.23. The highest BCUT2D eigenvalue weighted by Gasteiger charge is 2.16. The van der Waals surface area contributed by atoms with Crippen LogP contribution in [-0.2, 0) is 16.1 Å². The Bertz CT molecular complexity index is 1540. The molecule has 0 aliphatic carbocycles. The van der Waals surface area contributed by atoms with Gasteiger partial charge in [0.25, 0.3) is 0 Å². The Morgan fingerprint density at radius 1 is 0.857 bits per heavy atom. The molecule has 8 heteroatoms. The molecule has 0 radical (unpaired) electrons. The molecule has 0 spiro atoms. The predicted molar refractivity (Wildman–Crippen MR) is 136 cm³/mol. The molecule has 35 heavy (non-hydrogen) atoms. The third-order valence-corrected chi connectivity index (χ3v) is 5.90. The number of nitrogens with one attached hydrogen (secondary N) is 2. The van der Waals surface area contributed by atoms with Crippen molar-refractivity contribution in [3.05, 3.63) is 101 Å². The number of para-hydroxylation sites is 2. The molecule has 0 aliphatic heterocycles. The lowest BCUT2D eigenvalue weighted by molar-refractivity contribution is -0.119. The van der Waals surface area contributed by atoms with Crippen LogP contribution in [0.2, 0.25) is 0 Å². The van der Waals surface area contributed by atoms with E-state index in [0.717, 1.165) is 0 Å². The van der Waals surface area contributed by atoms with Gasteiger partial charge >= 0.3 is 0 Å². The van der Waals surface area contributed by atoms with Crippen LogP contribution in [0.15, 0.2) is 96.1 Å². The molecule has 5 rings (SSSR count). The van der Waals surface area contributed by atoms with E-state index in [0.29, 0.717) is 33.2 Å². The van der Waals surface area contributed by atoms with Crippen LogP contribution in [0.25, 0.3) is 21.8 Å². The van der Waals surface area contributed by atoms with E-state index in [2.05, 4.69) is 15.7 Å². The summed E-state index contributed by atoms with van der Waals surface area (Å²) in [5.41, 5.74) is 2.45. The summed E-state index contributed by atoms with van der Waals surface area (Å²) in [6.07, 6.45) is 3.35. The number of pyridine rings is 1. The first-order valence-corrected chi connectivity index (χ1v) is 11.2. The second-order valence-corrected chi connectivity index (χ2v) is 8.23. The minimum atomic E-state index is -0.481. The third-order valence-electron chi connectivity index (χ3n) is 5.90. The van der Waals surface area contributed by atoms with E-state index >= 15 is 0 Å². The first-order chi connectivity index (χ1) is 17.0. The lowest BCUT2D eigenvalue weighted by Gasteiger charge is -2.16. The van der Waals surface area contributed by atoms with Crippen molar-refractivity contribution in [2.75, 3.05) is 10.6 Å². The third kappa shape index (κ3) is 4.41. The minimum absolute atomic E-state index is 0.0220. The zero-order valence-corrected chi connectivity index (χ0v) is 19.0. The Balaban J connectivity index is 1.37. The largest absolute Gasteiger partial charge is 0.331 e. The van der Waals surface area contributed by atoms with Gasteiger partial charge in [0, 0.05) is 34.5 Å². The van der Waals surface area contributed by atoms with E-state index in [9.17, 15) is 14.4 Å². The monoisotopic (exact) mass is 465 g/mol. The summed E-state index contributed by atoms with van der Waals surface area (Å²) in [4.78, 5) is 38.5. The fourth-order valence-corrected chi connectivity index (χ4v) is 4.14. The zero-order chi connectivity index (χ0) is 24.4. The fourth-order valence-electron chi connectivity index (χ4n) is 4.14. The van der Waals surface area contributed by atoms with Crippen molar-refractivity contribution in [3.8, 4) is 0 Å². The van der Waals surface area contributed by atoms with Crippen molar-refractivity contribution < 1.29 is 9.59 Å². The molecule has 174 valence electrons. The molecule has 2 N–H and O–H groups in total. The number of anilines is 2. The maximum atomic E-state index is 13.0. The summed E-state index contributed by atoms with van der Waals surface area (Å²) in [6, 6.07) is 22.8. The van der Waals surface area contributed by atoms with E-state index in [-0.39, 0.29) is 23.8 Å². The predicted octanol–water partition coefficient (Wildman–Crippen LogP) is 4.19. The number of hydrogen-bond acceptors (Lipinski definition) is 4. The highest BCUT2D eigenvalue weighted by atomic mass is 16.2. The van der Waals surface area contributed by atoms with Crippen LogP contribution < -0.4 is 16.1 Å². The molecule has 0 fully saturated rings. The van der Waals surface area contributed by atoms with Gasteiger partial charge in [0.1, 0.15) is 12.6 Å². The van der Waals surface area contributed by atoms with Gasteiger partial charge in [0.2, 0.25) is 11.8 Å². The number of amides is 2. The number of nitrogens with zero attached hydrogens (tertiary/aromatic N) is 3. The molecule has 0 aliphatic rings. The van der Waals surface area contributed by atoms with Gasteiger partial charge in [-0.2, -0.15) is 5.10 Å². The molecule has 8 nitrogen and oxygen atoms in total. The summed E-state index contributed by atoms with van der Waals surface area (Å²) in [5.74, 6) is -0.472. The summed E-state index contributed by atoms with van der Waals surface area (Å²) >= 11 is 0. The van der Waals surface area contributed by atoms with Crippen molar-refractivity contribution in [3.63, 3.8) is 0 Å². The minimum Gasteiger partial charge on any atom is -0.331 e. The van der Waals surface area contributed by atoms with E-state index in [1.807, 2.05) is 41.0 Å². The van der Waals surface area contributed by atoms with Crippen LogP contribution in [0.1, 0.15) is 13.0 Å². The lowest BCUT2D eigenvalue weighted by atomic mass is 10.1. The Labute approximate surface area is 200 Å². The van der Waals surface area contributed by atoms with Crippen molar-refractivity contribution in [2.45, 2.75) is 19.5 Å². The van der Waals surface area contributed by atoms with Crippen molar-refractivity contribution in [2.24, 2.45) is 0 Å². The summed E-state index contributed by atoms with van der Waals surface area (Å²) in [6.45, 7) is 1.78. The number of fused-ring (bicyclic) bond motifs is 2. The fraction of sp³-hybridized carbons (Fsp3) is 0.111. The van der Waals surface area contributed by atoms with Crippen molar-refractivity contribution >= 4 is 45.0 Å². The summed E-state index contributed by atoms with van der Waals surface area (Å²) in [5, 5.41) is 11.0. The smallest absolute Gasteiger partial charge is 0.248 e. The maximum absolute atomic E-state index is 13.0. The van der Waals surface area contributed by atoms with Crippen LogP contribution in [0.3, 0.4) is 0 Å². The average Bonchev–Trinajstić information content (AvgIpc) is 3.41. The van der Waals surface area contributed by atoms with E-state index in [4.69, 9.17) is 0 Å². The quantitative estimate of drug-likeness (QED) is 0.368. The van der Waals surface area contributed by atoms with Gasteiger partial charge in [-0.25, -0.2) is 0 Å². The molecule has 5 aromatic rings. The molecule has 2 heterocycles. The van der Waals surface area contributed by atoms with Crippen LogP contribution in [0, 0.1) is 0 Å². The highest BCUT2D eigenvalue weighted by molar-refractivity contribution is 5.98. The molecule has 0 bridgehead atoms. The number of aromatic nitrogens is 3. The number of benzene rings is 3. The van der Waals surface area contributed by atoms with Crippen molar-refractivity contribution in [1.29, 1.82) is 0 Å². The summed E-state index contributed by atoms with van der Waals surface area (Å²) < 4.78 is 3.42. The Hall–Kier alpha value is -4.72. The highest BCUT2D eigenvalue weighted by Crippen LogP contribution is 2.20. The number of rotatable bonds is 6. The number of carbonyl (C=O) groups is 2. The van der Waals surface area contributed by atoms with E-state index < -0.39 is 6.04 Å². The summed E-state index contributed by atoms with van der Waals surface area (Å²) in [7, 11) is 0. The topological polar surface area (TPSA) is 98.0 Å². The molecule has 2 amide bonds. The van der Waals surface area contributed by atoms with E-state index in [1.165, 1.54) is 0 Å². The zero-order valence-electron chi connectivity index (χ0n) is 19.0. The SMILES string of the molecule is CC(C(=O)Nc1cccc(NC(=O)Cn2c3ccccc3c(=O)c3ccccc32)c1)n1cccn1. The first-order valence-electron chi connectivity index (χ1n) is 11.2. The Morgan fingerprint density at radius 2 is 1.49 bits per heavy atom. The van der Waals surface area contributed by atoms with Crippen LogP contribution in [0.5, 0.6) is 0 Å². The molecular formula is C27H23N5O3. The van der Waals surface area contributed by atoms with Gasteiger partial charge in [-0.1, -0.05) is 30.3 Å². The molecular weight excluding hydrogens is 442 g/mol. The Morgan fingerprint density at radius 3 is 2.11 bits per heavy atom. The van der Waals surface area contributed by atoms with Gasteiger partial charge < -0.3 is 15.2 Å². The van der Waals surface area contributed by atoms with Gasteiger partial charge in [-0.05, 0) is 55.5 Å². The molecule has 1 unspecified atom stereocenters. The molecule has 2 aromatic heterocycles. The van der Waals surface area contributed by atoms with Gasteiger partial charge in [-0.15, -0.1) is 0 Å². The number of hydrogen-bond donors (Lipinski definition) is 2. The second kappa shape index (κ2) is 9.26. The average molecular weight is 466 g/mol. The molecule has 1 atom stereocenters. The Kier molecular flexibility index (Phi) is 5.85. The van der Waals surface area contributed by atoms with Gasteiger partial charge in [0.05, 0.1) is 11.0 Å². The van der Waals surface area contributed by atoms with Gasteiger partial charge in [-0.3, -0.25) is 19.1 Å². The van der Waals surface area contributed by atoms with E-state index in [1.54, 1.807) is 66.5 Å². The van der Waals surface area contributed by atoms with Gasteiger partial charge in [0.15, 0.2) is 5.43 Å². The first kappa shape index (κ1) is 22.1. The van der Waals surface area contributed by atoms with Crippen molar-refractivity contribution in [1.82, 2.24) is 14.3 Å². The molecule has 0 saturated carbocycles. The van der Waals surface area contributed by atoms with Crippen LogP contribution in [-0.4, -0.2) is 26.2 Å². The molecule has 3 aromatic carbocycles. The molecule has 0 saturated heterocycles. The lowest BCUT2D eigenvalue weighted by Crippen LogP contribution is -2.24. The maximum Gasteiger partial charge on any atom is 0.248 e. The van der Waals surface area contributed by atoms with Crippen LogP contribution in [0.4, 0.5) is 11.4 Å². The standard InChI is InChI=1S/C27H23N5O3/c1-18(32-15-7-14-28-32)27(35)30-20-9-6-8-19(16-20)29-25(33)17-31-23-12-4-2-10-21(23)26(34)22-11-3-5-13-24(22)31/h2-16,18H,17H2,1H3,(H,29,33)(H,30,35). The van der Waals surface area contributed by atoms with Crippen LogP contribution >= 0.6 is 0 Å². The normalized spacial score (nSPS) is 11.9.